The highest BCUT2D eigenvalue weighted by molar-refractivity contribution is 5.93. The second-order valence-electron chi connectivity index (χ2n) is 6.65. The molecule has 0 amide bonds. The fourth-order valence-corrected chi connectivity index (χ4v) is 3.49. The molecule has 2 N–H and O–H groups in total. The van der Waals surface area contributed by atoms with Crippen molar-refractivity contribution in [1.29, 1.82) is 5.26 Å². The van der Waals surface area contributed by atoms with E-state index in [0.717, 1.165) is 54.8 Å². The lowest BCUT2D eigenvalue weighted by Crippen LogP contribution is -2.30. The Morgan fingerprint density at radius 2 is 2.24 bits per heavy atom. The maximum Gasteiger partial charge on any atom is 0.0991 e. The molecule has 0 fully saturated rings. The average molecular weight is 331 g/mol. The molecule has 25 heavy (non-hydrogen) atoms. The first-order valence-corrected chi connectivity index (χ1v) is 8.67. The molecule has 1 aromatic carbocycles. The van der Waals surface area contributed by atoms with E-state index in [1.807, 2.05) is 25.1 Å². The summed E-state index contributed by atoms with van der Waals surface area (Å²) in [7, 11) is 0. The van der Waals surface area contributed by atoms with Crippen LogP contribution in [-0.2, 0) is 6.42 Å². The number of aromatic nitrogens is 3. The van der Waals surface area contributed by atoms with E-state index in [2.05, 4.69) is 44.5 Å². The first kappa shape index (κ1) is 15.7. The molecule has 0 unspecified atom stereocenters. The molecule has 0 aliphatic carbocycles. The van der Waals surface area contributed by atoms with Crippen molar-refractivity contribution < 1.29 is 0 Å². The minimum absolute atomic E-state index is 0.709. The van der Waals surface area contributed by atoms with Crippen molar-refractivity contribution in [2.45, 2.75) is 19.8 Å². The summed E-state index contributed by atoms with van der Waals surface area (Å²) in [6, 6.07) is 10.2. The van der Waals surface area contributed by atoms with Gasteiger partial charge in [-0.05, 0) is 43.2 Å². The molecule has 2 aromatic heterocycles. The molecule has 0 saturated carbocycles. The second-order valence-corrected chi connectivity index (χ2v) is 6.65. The predicted molar refractivity (Wildman–Crippen MR) is 99.1 cm³/mol. The summed E-state index contributed by atoms with van der Waals surface area (Å²) < 4.78 is 0. The van der Waals surface area contributed by atoms with E-state index in [0.29, 0.717) is 5.56 Å². The van der Waals surface area contributed by atoms with E-state index in [1.54, 1.807) is 0 Å². The average Bonchev–Trinajstić information content (AvgIpc) is 3.26. The van der Waals surface area contributed by atoms with Crippen LogP contribution in [0.25, 0.3) is 16.5 Å². The molecule has 1 aliphatic rings. The molecule has 0 spiro atoms. The highest BCUT2D eigenvalue weighted by atomic mass is 15.1. The lowest BCUT2D eigenvalue weighted by atomic mass is 9.98. The largest absolute Gasteiger partial charge is 0.361 e. The van der Waals surface area contributed by atoms with Gasteiger partial charge in [0.15, 0.2) is 0 Å². The minimum atomic E-state index is 0.709. The normalized spacial score (nSPS) is 15.3. The Morgan fingerprint density at radius 3 is 2.96 bits per heavy atom. The van der Waals surface area contributed by atoms with E-state index < -0.39 is 0 Å². The SMILES string of the molecule is Cc1cc(CCN2CC=C(c3c[nH]c4ccc(C#N)cc34)CC2)n[nH]1. The highest BCUT2D eigenvalue weighted by Gasteiger charge is 2.16. The van der Waals surface area contributed by atoms with E-state index in [1.165, 1.54) is 11.1 Å². The Balaban J connectivity index is 1.46. The van der Waals surface area contributed by atoms with Gasteiger partial charge in [0.25, 0.3) is 0 Å². The van der Waals surface area contributed by atoms with Crippen molar-refractivity contribution in [3.05, 3.63) is 59.1 Å². The first-order valence-electron chi connectivity index (χ1n) is 8.67. The number of H-pyrrole nitrogens is 2. The third-order valence-electron chi connectivity index (χ3n) is 4.89. The number of benzene rings is 1. The summed E-state index contributed by atoms with van der Waals surface area (Å²) in [5, 5.41) is 17.6. The number of aromatic amines is 2. The minimum Gasteiger partial charge on any atom is -0.361 e. The van der Waals surface area contributed by atoms with Gasteiger partial charge < -0.3 is 4.98 Å². The van der Waals surface area contributed by atoms with Crippen LogP contribution in [-0.4, -0.2) is 39.7 Å². The zero-order chi connectivity index (χ0) is 17.2. The Bertz CT molecular complexity index is 970. The molecule has 0 bridgehead atoms. The molecule has 3 heterocycles. The van der Waals surface area contributed by atoms with Crippen LogP contribution in [0.4, 0.5) is 0 Å². The van der Waals surface area contributed by atoms with E-state index in [4.69, 9.17) is 5.26 Å². The van der Waals surface area contributed by atoms with Gasteiger partial charge in [0, 0.05) is 54.4 Å². The van der Waals surface area contributed by atoms with Gasteiger partial charge in [-0.15, -0.1) is 0 Å². The molecule has 4 rings (SSSR count). The molecule has 3 aromatic rings. The van der Waals surface area contributed by atoms with Crippen LogP contribution in [0.2, 0.25) is 0 Å². The van der Waals surface area contributed by atoms with Gasteiger partial charge in [-0.1, -0.05) is 6.08 Å². The Kier molecular flexibility index (Phi) is 4.12. The lowest BCUT2D eigenvalue weighted by Gasteiger charge is -2.26. The van der Waals surface area contributed by atoms with Crippen LogP contribution in [0.15, 0.2) is 36.5 Å². The van der Waals surface area contributed by atoms with Crippen LogP contribution in [0.1, 0.15) is 28.9 Å². The monoisotopic (exact) mass is 331 g/mol. The fourth-order valence-electron chi connectivity index (χ4n) is 3.49. The van der Waals surface area contributed by atoms with E-state index in [-0.39, 0.29) is 0 Å². The first-order chi connectivity index (χ1) is 12.2. The molecule has 5 heteroatoms. The van der Waals surface area contributed by atoms with Gasteiger partial charge in [-0.25, -0.2) is 0 Å². The van der Waals surface area contributed by atoms with Crippen LogP contribution in [0.5, 0.6) is 0 Å². The fraction of sp³-hybridized carbons (Fsp3) is 0.300. The number of hydrogen-bond donors (Lipinski definition) is 2. The molecule has 1 aliphatic heterocycles. The number of nitriles is 1. The van der Waals surface area contributed by atoms with Crippen LogP contribution in [0, 0.1) is 18.3 Å². The molecular formula is C20H21N5. The van der Waals surface area contributed by atoms with Crippen molar-refractivity contribution in [1.82, 2.24) is 20.1 Å². The van der Waals surface area contributed by atoms with Crippen molar-refractivity contribution in [3.8, 4) is 6.07 Å². The standard InChI is InChI=1S/C20H21N5/c1-14-10-17(24-23-14)6-9-25-7-4-16(5-8-25)19-13-22-20-3-2-15(12-21)11-18(19)20/h2-4,10-11,13,22H,5-9H2,1H3,(H,23,24). The quantitative estimate of drug-likeness (QED) is 0.769. The van der Waals surface area contributed by atoms with Crippen LogP contribution in [0.3, 0.4) is 0 Å². The maximum absolute atomic E-state index is 9.14. The smallest absolute Gasteiger partial charge is 0.0991 e. The number of fused-ring (bicyclic) bond motifs is 1. The summed E-state index contributed by atoms with van der Waals surface area (Å²) in [5.41, 5.74) is 6.65. The zero-order valence-corrected chi connectivity index (χ0v) is 14.3. The van der Waals surface area contributed by atoms with Gasteiger partial charge >= 0.3 is 0 Å². The van der Waals surface area contributed by atoms with Gasteiger partial charge in [0.2, 0.25) is 0 Å². The maximum atomic E-state index is 9.14. The Hall–Kier alpha value is -2.84. The topological polar surface area (TPSA) is 71.5 Å². The van der Waals surface area contributed by atoms with Crippen molar-refractivity contribution in [3.63, 3.8) is 0 Å². The highest BCUT2D eigenvalue weighted by Crippen LogP contribution is 2.29. The number of aryl methyl sites for hydroxylation is 1. The molecular weight excluding hydrogens is 310 g/mol. The third kappa shape index (κ3) is 3.21. The van der Waals surface area contributed by atoms with E-state index in [9.17, 15) is 0 Å². The second kappa shape index (κ2) is 6.58. The van der Waals surface area contributed by atoms with Gasteiger partial charge in [-0.2, -0.15) is 10.4 Å². The lowest BCUT2D eigenvalue weighted by molar-refractivity contribution is 0.305. The molecule has 0 atom stereocenters. The predicted octanol–water partition coefficient (Wildman–Crippen LogP) is 3.40. The summed E-state index contributed by atoms with van der Waals surface area (Å²) >= 11 is 0. The molecule has 5 nitrogen and oxygen atoms in total. The summed E-state index contributed by atoms with van der Waals surface area (Å²) in [6.45, 7) is 5.08. The zero-order valence-electron chi connectivity index (χ0n) is 14.3. The third-order valence-corrected chi connectivity index (χ3v) is 4.89. The molecule has 0 radical (unpaired) electrons. The molecule has 0 saturated heterocycles. The van der Waals surface area contributed by atoms with E-state index >= 15 is 0 Å². The van der Waals surface area contributed by atoms with Crippen LogP contribution >= 0.6 is 0 Å². The van der Waals surface area contributed by atoms with Gasteiger partial charge in [0.1, 0.15) is 0 Å². The summed E-state index contributed by atoms with van der Waals surface area (Å²) in [4.78, 5) is 5.78. The summed E-state index contributed by atoms with van der Waals surface area (Å²) in [5.74, 6) is 0. The Morgan fingerprint density at radius 1 is 1.32 bits per heavy atom. The van der Waals surface area contributed by atoms with Crippen molar-refractivity contribution in [2.75, 3.05) is 19.6 Å². The summed E-state index contributed by atoms with van der Waals surface area (Å²) in [6.07, 6.45) is 6.40. The number of nitrogens with zero attached hydrogens (tertiary/aromatic N) is 3. The number of nitrogens with one attached hydrogen (secondary N) is 2. The number of rotatable bonds is 4. The Labute approximate surface area is 147 Å². The van der Waals surface area contributed by atoms with Gasteiger partial charge in [-0.3, -0.25) is 10.00 Å². The van der Waals surface area contributed by atoms with Gasteiger partial charge in [0.05, 0.1) is 17.3 Å². The molecule has 126 valence electrons. The van der Waals surface area contributed by atoms with Crippen LogP contribution < -0.4 is 0 Å². The van der Waals surface area contributed by atoms with Crippen molar-refractivity contribution >= 4 is 16.5 Å². The van der Waals surface area contributed by atoms with Crippen molar-refractivity contribution in [2.24, 2.45) is 0 Å². The number of hydrogen-bond acceptors (Lipinski definition) is 3.